The third-order valence-electron chi connectivity index (χ3n) is 9.03. The lowest BCUT2D eigenvalue weighted by Crippen LogP contribution is -2.35. The number of imidazole rings is 1. The van der Waals surface area contributed by atoms with E-state index in [0.717, 1.165) is 74.7 Å². The molecule has 1 saturated heterocycles. The smallest absolute Gasteiger partial charge is 0.257 e. The lowest BCUT2D eigenvalue weighted by atomic mass is 9.94. The fraction of sp³-hybridized carbons (Fsp3) is 0.361. The average Bonchev–Trinajstić information content (AvgIpc) is 3.72. The number of carbonyl (C=O) groups is 1. The summed E-state index contributed by atoms with van der Waals surface area (Å²) in [7, 11) is 3.34. The third kappa shape index (κ3) is 7.38. The predicted octanol–water partition coefficient (Wildman–Crippen LogP) is 5.19. The molecule has 0 aliphatic carbocycles. The van der Waals surface area contributed by atoms with Gasteiger partial charge in [-0.15, -0.1) is 5.10 Å². The highest BCUT2D eigenvalue weighted by Crippen LogP contribution is 2.28. The Labute approximate surface area is 280 Å². The number of nitrogens with zero attached hydrogens (tertiary/aromatic N) is 9. The van der Waals surface area contributed by atoms with Crippen molar-refractivity contribution in [3.05, 3.63) is 102 Å². The lowest BCUT2D eigenvalue weighted by molar-refractivity contribution is 0.0779. The molecule has 3 heterocycles. The van der Waals surface area contributed by atoms with E-state index in [-0.39, 0.29) is 17.6 Å². The number of benzene rings is 3. The molecule has 0 spiro atoms. The molecular weight excluding hydrogens is 609 g/mol. The minimum atomic E-state index is -0.279. The van der Waals surface area contributed by atoms with Crippen LogP contribution in [0.5, 0.6) is 5.75 Å². The molecular formula is C36H42FN9O2. The van der Waals surface area contributed by atoms with Crippen molar-refractivity contribution in [2.45, 2.75) is 32.2 Å². The summed E-state index contributed by atoms with van der Waals surface area (Å²) in [5.74, 6) is 1.02. The van der Waals surface area contributed by atoms with Gasteiger partial charge in [-0.05, 0) is 91.3 Å². The molecule has 1 aliphatic heterocycles. The Bertz CT molecular complexity index is 1840. The number of aromatic nitrogens is 6. The number of halogens is 1. The molecule has 11 nitrogen and oxygen atoms in total. The zero-order valence-corrected chi connectivity index (χ0v) is 27.7. The highest BCUT2D eigenvalue weighted by molar-refractivity contribution is 5.97. The second-order valence-corrected chi connectivity index (χ2v) is 12.1. The van der Waals surface area contributed by atoms with Crippen molar-refractivity contribution in [2.75, 3.05) is 58.3 Å². The number of hydrogen-bond donors (Lipinski definition) is 0. The van der Waals surface area contributed by atoms with Gasteiger partial charge in [-0.1, -0.05) is 36.4 Å². The Kier molecular flexibility index (Phi) is 10.4. The first-order valence-corrected chi connectivity index (χ1v) is 16.4. The Morgan fingerprint density at radius 1 is 1.06 bits per heavy atom. The van der Waals surface area contributed by atoms with Crippen LogP contribution in [0.1, 0.15) is 41.6 Å². The first kappa shape index (κ1) is 32.8. The standard InChI is InChI=1S/C36H42FN9O2/c1-4-5-20-45-33-10-7-6-9-32(33)39-36(45)44-19-8-18-43(22-23-44)21-17-28(27-11-13-29(37)14-12-27)25-42(2)35(47)31-24-30(15-16-34(31)48-3)46-26-38-40-41-46/h4-7,9-16,24,26,28H,8,17-23,25H2,1-3H3/b5-4+. The van der Waals surface area contributed by atoms with E-state index < -0.39 is 0 Å². The van der Waals surface area contributed by atoms with Crippen LogP contribution in [0.25, 0.3) is 16.7 Å². The van der Waals surface area contributed by atoms with Crippen LogP contribution in [0.15, 0.2) is 85.2 Å². The molecule has 0 bridgehead atoms. The first-order chi connectivity index (χ1) is 23.4. The number of carbonyl (C=O) groups excluding carboxylic acids is 1. The van der Waals surface area contributed by atoms with Crippen LogP contribution in [0.2, 0.25) is 0 Å². The number of rotatable bonds is 12. The van der Waals surface area contributed by atoms with Crippen molar-refractivity contribution in [1.29, 1.82) is 0 Å². The van der Waals surface area contributed by atoms with E-state index in [9.17, 15) is 9.18 Å². The molecule has 250 valence electrons. The maximum atomic E-state index is 13.9. The molecule has 1 fully saturated rings. The molecule has 1 aliphatic rings. The van der Waals surface area contributed by atoms with Crippen molar-refractivity contribution in [3.63, 3.8) is 0 Å². The highest BCUT2D eigenvalue weighted by atomic mass is 19.1. The van der Waals surface area contributed by atoms with Gasteiger partial charge in [-0.25, -0.2) is 14.1 Å². The summed E-state index contributed by atoms with van der Waals surface area (Å²) in [5, 5.41) is 11.4. The van der Waals surface area contributed by atoms with E-state index in [1.54, 1.807) is 37.3 Å². The van der Waals surface area contributed by atoms with Gasteiger partial charge in [0.1, 0.15) is 17.9 Å². The monoisotopic (exact) mass is 651 g/mol. The van der Waals surface area contributed by atoms with Crippen LogP contribution in [-0.4, -0.2) is 98.9 Å². The molecule has 2 aromatic heterocycles. The molecule has 1 amide bonds. The fourth-order valence-corrected chi connectivity index (χ4v) is 6.43. The molecule has 5 aromatic rings. The number of amides is 1. The summed E-state index contributed by atoms with van der Waals surface area (Å²) in [5.41, 5.74) is 4.23. The van der Waals surface area contributed by atoms with Crippen LogP contribution in [0.4, 0.5) is 10.3 Å². The van der Waals surface area contributed by atoms with Gasteiger partial charge in [-0.3, -0.25) is 4.79 Å². The average molecular weight is 652 g/mol. The first-order valence-electron chi connectivity index (χ1n) is 16.4. The van der Waals surface area contributed by atoms with Crippen LogP contribution >= 0.6 is 0 Å². The van der Waals surface area contributed by atoms with Crippen molar-refractivity contribution in [3.8, 4) is 11.4 Å². The number of hydrogen-bond acceptors (Lipinski definition) is 8. The third-order valence-corrected chi connectivity index (χ3v) is 9.03. The second kappa shape index (κ2) is 15.2. The van der Waals surface area contributed by atoms with E-state index in [1.165, 1.54) is 23.1 Å². The quantitative estimate of drug-likeness (QED) is 0.170. The number of allylic oxidation sites excluding steroid dienone is 2. The molecule has 48 heavy (non-hydrogen) atoms. The van der Waals surface area contributed by atoms with Gasteiger partial charge in [0, 0.05) is 45.7 Å². The molecule has 3 aromatic carbocycles. The van der Waals surface area contributed by atoms with Crippen LogP contribution < -0.4 is 9.64 Å². The zero-order chi connectivity index (χ0) is 33.5. The van der Waals surface area contributed by atoms with E-state index in [0.29, 0.717) is 23.5 Å². The van der Waals surface area contributed by atoms with Gasteiger partial charge in [0.15, 0.2) is 0 Å². The minimum absolute atomic E-state index is 0.00220. The number of para-hydroxylation sites is 2. The molecule has 6 rings (SSSR count). The normalized spacial score (nSPS) is 14.8. The Morgan fingerprint density at radius 2 is 1.90 bits per heavy atom. The zero-order valence-electron chi connectivity index (χ0n) is 27.7. The second-order valence-electron chi connectivity index (χ2n) is 12.1. The summed E-state index contributed by atoms with van der Waals surface area (Å²) in [6, 6.07) is 20.2. The van der Waals surface area contributed by atoms with Crippen molar-refractivity contribution in [2.24, 2.45) is 0 Å². The topological polar surface area (TPSA) is 97.4 Å². The number of ether oxygens (including phenoxy) is 1. The predicted molar refractivity (Wildman–Crippen MR) is 184 cm³/mol. The number of fused-ring (bicyclic) bond motifs is 1. The Hall–Kier alpha value is -5.10. The number of methoxy groups -OCH3 is 1. The lowest BCUT2D eigenvalue weighted by Gasteiger charge is -2.28. The fourth-order valence-electron chi connectivity index (χ4n) is 6.43. The van der Waals surface area contributed by atoms with Gasteiger partial charge < -0.3 is 24.0 Å². The number of likely N-dealkylation sites (N-methyl/N-ethyl adjacent to an activating group) is 1. The van der Waals surface area contributed by atoms with Crippen molar-refractivity contribution in [1.82, 2.24) is 39.6 Å². The SMILES string of the molecule is C/C=C/Cn1c(N2CCCN(CCC(CN(C)C(=O)c3cc(-n4cnnn4)ccc3OC)c3ccc(F)cc3)CC2)nc2ccccc21. The Balaban J connectivity index is 1.15. The van der Waals surface area contributed by atoms with Gasteiger partial charge >= 0.3 is 0 Å². The summed E-state index contributed by atoms with van der Waals surface area (Å²) in [6.07, 6.45) is 7.55. The van der Waals surface area contributed by atoms with E-state index in [4.69, 9.17) is 9.72 Å². The van der Waals surface area contributed by atoms with Crippen LogP contribution in [-0.2, 0) is 6.54 Å². The van der Waals surface area contributed by atoms with E-state index >= 15 is 0 Å². The van der Waals surface area contributed by atoms with Crippen molar-refractivity contribution >= 4 is 22.9 Å². The summed E-state index contributed by atoms with van der Waals surface area (Å²) >= 11 is 0. The van der Waals surface area contributed by atoms with Crippen LogP contribution in [0, 0.1) is 5.82 Å². The molecule has 1 unspecified atom stereocenters. The highest BCUT2D eigenvalue weighted by Gasteiger charge is 2.25. The van der Waals surface area contributed by atoms with Gasteiger partial charge in [-0.2, -0.15) is 0 Å². The number of tetrazole rings is 1. The molecule has 1 atom stereocenters. The van der Waals surface area contributed by atoms with Gasteiger partial charge in [0.2, 0.25) is 5.95 Å². The molecule has 0 saturated carbocycles. The summed E-state index contributed by atoms with van der Waals surface area (Å²) in [6.45, 7) is 7.81. The van der Waals surface area contributed by atoms with Crippen LogP contribution in [0.3, 0.4) is 0 Å². The maximum absolute atomic E-state index is 13.9. The summed E-state index contributed by atoms with van der Waals surface area (Å²) in [4.78, 5) is 25.5. The number of anilines is 1. The van der Waals surface area contributed by atoms with Gasteiger partial charge in [0.05, 0.1) is 29.4 Å². The minimum Gasteiger partial charge on any atom is -0.496 e. The van der Waals surface area contributed by atoms with E-state index in [2.05, 4.69) is 60.2 Å². The molecule has 0 N–H and O–H groups in total. The van der Waals surface area contributed by atoms with Crippen molar-refractivity contribution < 1.29 is 13.9 Å². The maximum Gasteiger partial charge on any atom is 0.257 e. The summed E-state index contributed by atoms with van der Waals surface area (Å²) < 4.78 is 23.3. The van der Waals surface area contributed by atoms with E-state index in [1.807, 2.05) is 25.1 Å². The van der Waals surface area contributed by atoms with Gasteiger partial charge in [0.25, 0.3) is 5.91 Å². The molecule has 12 heteroatoms. The molecule has 0 radical (unpaired) electrons. The Morgan fingerprint density at radius 3 is 2.67 bits per heavy atom. The largest absolute Gasteiger partial charge is 0.496 e.